The molecule has 8 rings (SSSR count). The number of benzene rings is 2. The SMILES string of the molecule is C=CCn1c2c(c3ccccc31)C1C3CC4C1c1c(n(CC=C)c5ccccc15)C4C23. The molecule has 0 spiro atoms. The highest BCUT2D eigenvalue weighted by molar-refractivity contribution is 5.92. The maximum absolute atomic E-state index is 4.10. The van der Waals surface area contributed by atoms with Gasteiger partial charge in [0, 0.05) is 58.1 Å². The molecule has 2 fully saturated rings. The summed E-state index contributed by atoms with van der Waals surface area (Å²) < 4.78 is 5.22. The van der Waals surface area contributed by atoms with Crippen LogP contribution >= 0.6 is 0 Å². The third kappa shape index (κ3) is 1.65. The average molecular weight is 403 g/mol. The van der Waals surface area contributed by atoms with Crippen LogP contribution in [0, 0.1) is 11.8 Å². The van der Waals surface area contributed by atoms with Crippen molar-refractivity contribution in [3.63, 3.8) is 0 Å². The zero-order valence-corrected chi connectivity index (χ0v) is 17.7. The monoisotopic (exact) mass is 402 g/mol. The zero-order valence-electron chi connectivity index (χ0n) is 17.7. The molecule has 0 aliphatic heterocycles. The molecule has 6 atom stereocenters. The molecule has 2 saturated carbocycles. The molecule has 2 bridgehead atoms. The topological polar surface area (TPSA) is 9.86 Å². The van der Waals surface area contributed by atoms with Gasteiger partial charge in [0.05, 0.1) is 0 Å². The number of hydrogen-bond donors (Lipinski definition) is 0. The molecule has 4 aromatic rings. The van der Waals surface area contributed by atoms with Crippen molar-refractivity contribution in [2.75, 3.05) is 0 Å². The fourth-order valence-corrected chi connectivity index (χ4v) is 8.72. The predicted octanol–water partition coefficient (Wildman–Crippen LogP) is 6.68. The van der Waals surface area contributed by atoms with Gasteiger partial charge >= 0.3 is 0 Å². The Kier molecular flexibility index (Phi) is 2.92. The van der Waals surface area contributed by atoms with E-state index in [1.54, 1.807) is 22.5 Å². The second-order valence-electron chi connectivity index (χ2n) is 10.1. The van der Waals surface area contributed by atoms with E-state index in [0.29, 0.717) is 23.7 Å². The predicted molar refractivity (Wildman–Crippen MR) is 127 cm³/mol. The zero-order chi connectivity index (χ0) is 20.4. The van der Waals surface area contributed by atoms with Crippen LogP contribution in [0.15, 0.2) is 73.8 Å². The first-order valence-electron chi connectivity index (χ1n) is 11.8. The maximum Gasteiger partial charge on any atom is 0.0488 e. The molecule has 0 saturated heterocycles. The van der Waals surface area contributed by atoms with Crippen molar-refractivity contribution in [3.8, 4) is 0 Å². The van der Waals surface area contributed by atoms with Crippen LogP contribution in [0.4, 0.5) is 0 Å². The first-order valence-corrected chi connectivity index (χ1v) is 11.8. The van der Waals surface area contributed by atoms with E-state index in [1.165, 1.54) is 28.2 Å². The Bertz CT molecular complexity index is 1340. The Labute approximate surface area is 182 Å². The van der Waals surface area contributed by atoms with Crippen molar-refractivity contribution in [1.82, 2.24) is 9.13 Å². The smallest absolute Gasteiger partial charge is 0.0488 e. The third-order valence-corrected chi connectivity index (χ3v) is 9.19. The van der Waals surface area contributed by atoms with E-state index < -0.39 is 0 Å². The lowest BCUT2D eigenvalue weighted by Gasteiger charge is -2.29. The Morgan fingerprint density at radius 2 is 1.13 bits per heavy atom. The van der Waals surface area contributed by atoms with E-state index in [0.717, 1.165) is 24.9 Å². The molecule has 0 N–H and O–H groups in total. The fourth-order valence-electron chi connectivity index (χ4n) is 8.72. The summed E-state index contributed by atoms with van der Waals surface area (Å²) in [5, 5.41) is 3.00. The van der Waals surface area contributed by atoms with Gasteiger partial charge in [-0.05, 0) is 53.4 Å². The van der Waals surface area contributed by atoms with Gasteiger partial charge in [0.25, 0.3) is 0 Å². The van der Waals surface area contributed by atoms with Crippen LogP contribution in [0.2, 0.25) is 0 Å². The Balaban J connectivity index is 1.47. The number of nitrogens with zero attached hydrogens (tertiary/aromatic N) is 2. The molecular weight excluding hydrogens is 376 g/mol. The maximum atomic E-state index is 4.10. The first kappa shape index (κ1) is 16.7. The molecule has 2 heterocycles. The Morgan fingerprint density at radius 3 is 1.58 bits per heavy atom. The summed E-state index contributed by atoms with van der Waals surface area (Å²) in [5.74, 6) is 4.30. The lowest BCUT2D eigenvalue weighted by atomic mass is 9.75. The summed E-state index contributed by atoms with van der Waals surface area (Å²) in [7, 11) is 0. The fraction of sp³-hybridized carbons (Fsp3) is 0.310. The minimum absolute atomic E-state index is 0.655. The van der Waals surface area contributed by atoms with Crippen molar-refractivity contribution in [2.24, 2.45) is 11.8 Å². The third-order valence-electron chi connectivity index (χ3n) is 9.19. The second kappa shape index (κ2) is 5.43. The largest absolute Gasteiger partial charge is 0.340 e. The number of para-hydroxylation sites is 2. The van der Waals surface area contributed by atoms with E-state index in [9.17, 15) is 0 Å². The normalized spacial score (nSPS) is 31.0. The first-order chi connectivity index (χ1) is 15.3. The lowest BCUT2D eigenvalue weighted by Crippen LogP contribution is -2.20. The van der Waals surface area contributed by atoms with Gasteiger partial charge in [-0.15, -0.1) is 13.2 Å². The minimum atomic E-state index is 0.655. The molecule has 2 aromatic heterocycles. The van der Waals surface area contributed by atoms with Crippen LogP contribution in [-0.2, 0) is 13.1 Å². The van der Waals surface area contributed by atoms with Gasteiger partial charge in [0.2, 0.25) is 0 Å². The molecular formula is C29H26N2. The average Bonchev–Trinajstić information content (AvgIpc) is 3.55. The molecule has 6 unspecified atom stereocenters. The molecule has 2 aromatic carbocycles. The van der Waals surface area contributed by atoms with Crippen LogP contribution in [-0.4, -0.2) is 9.13 Å². The number of hydrogen-bond acceptors (Lipinski definition) is 0. The van der Waals surface area contributed by atoms with E-state index in [2.05, 4.69) is 83.0 Å². The standard InChI is InChI=1S/C29H26N2/c1-3-13-30-20-11-7-5-9-16(20)24-22-18-15-19-23(22)25-17-10-6-8-12-21(17)31(14-4-2)29(25)27(19)26(18)28(24)30/h3-12,18-19,22-23,26-27H,1-2,13-15H2. The molecule has 4 aliphatic carbocycles. The molecule has 4 aliphatic rings. The molecule has 0 amide bonds. The van der Waals surface area contributed by atoms with Crippen LogP contribution in [0.1, 0.15) is 52.6 Å². The number of rotatable bonds is 4. The molecule has 0 radical (unpaired) electrons. The summed E-state index contributed by atoms with van der Waals surface area (Å²) in [6.45, 7) is 10.0. The van der Waals surface area contributed by atoms with Crippen molar-refractivity contribution in [2.45, 2.75) is 43.2 Å². The highest BCUT2D eigenvalue weighted by Gasteiger charge is 2.69. The van der Waals surface area contributed by atoms with Gasteiger partial charge in [-0.3, -0.25) is 0 Å². The Hall–Kier alpha value is -3.00. The van der Waals surface area contributed by atoms with E-state index in [4.69, 9.17) is 0 Å². The number of fused-ring (bicyclic) bond motifs is 12. The summed E-state index contributed by atoms with van der Waals surface area (Å²) in [5.41, 5.74) is 9.48. The summed E-state index contributed by atoms with van der Waals surface area (Å²) in [4.78, 5) is 0. The summed E-state index contributed by atoms with van der Waals surface area (Å²) >= 11 is 0. The van der Waals surface area contributed by atoms with E-state index >= 15 is 0 Å². The molecule has 2 heteroatoms. The second-order valence-corrected chi connectivity index (χ2v) is 10.1. The van der Waals surface area contributed by atoms with Gasteiger partial charge in [-0.25, -0.2) is 0 Å². The van der Waals surface area contributed by atoms with Gasteiger partial charge < -0.3 is 9.13 Å². The summed E-state index contributed by atoms with van der Waals surface area (Å²) in [6.07, 6.45) is 5.56. The molecule has 152 valence electrons. The van der Waals surface area contributed by atoms with Crippen LogP contribution < -0.4 is 0 Å². The quantitative estimate of drug-likeness (QED) is 0.337. The van der Waals surface area contributed by atoms with Crippen molar-refractivity contribution < 1.29 is 0 Å². The Morgan fingerprint density at radius 1 is 0.677 bits per heavy atom. The van der Waals surface area contributed by atoms with Crippen molar-refractivity contribution in [3.05, 3.63) is 96.4 Å². The molecule has 2 nitrogen and oxygen atoms in total. The van der Waals surface area contributed by atoms with Gasteiger partial charge in [0.1, 0.15) is 0 Å². The lowest BCUT2D eigenvalue weighted by molar-refractivity contribution is 0.343. The van der Waals surface area contributed by atoms with E-state index in [1.807, 2.05) is 0 Å². The number of aromatic nitrogens is 2. The van der Waals surface area contributed by atoms with Crippen molar-refractivity contribution >= 4 is 21.8 Å². The highest BCUT2D eigenvalue weighted by Crippen LogP contribution is 2.80. The molecule has 31 heavy (non-hydrogen) atoms. The van der Waals surface area contributed by atoms with Crippen molar-refractivity contribution in [1.29, 1.82) is 0 Å². The van der Waals surface area contributed by atoms with Gasteiger partial charge in [-0.1, -0.05) is 48.6 Å². The summed E-state index contributed by atoms with van der Waals surface area (Å²) in [6, 6.07) is 18.2. The van der Waals surface area contributed by atoms with Gasteiger partial charge in [-0.2, -0.15) is 0 Å². The highest BCUT2D eigenvalue weighted by atomic mass is 15.0. The van der Waals surface area contributed by atoms with Crippen LogP contribution in [0.25, 0.3) is 21.8 Å². The van der Waals surface area contributed by atoms with Crippen LogP contribution in [0.3, 0.4) is 0 Å². The minimum Gasteiger partial charge on any atom is -0.340 e. The van der Waals surface area contributed by atoms with Crippen LogP contribution in [0.5, 0.6) is 0 Å². The number of allylic oxidation sites excluding steroid dienone is 2. The van der Waals surface area contributed by atoms with Gasteiger partial charge in [0.15, 0.2) is 0 Å². The van der Waals surface area contributed by atoms with E-state index in [-0.39, 0.29) is 0 Å².